The summed E-state index contributed by atoms with van der Waals surface area (Å²) >= 11 is 0. The summed E-state index contributed by atoms with van der Waals surface area (Å²) in [7, 11) is 0. The molecule has 2 aromatic carbocycles. The molecule has 2 N–H and O–H groups in total. The topological polar surface area (TPSA) is 67.4 Å². The number of ether oxygens (including phenoxy) is 1. The van der Waals surface area contributed by atoms with Crippen LogP contribution in [0.25, 0.3) is 0 Å². The second-order valence-corrected chi connectivity index (χ2v) is 5.66. The highest BCUT2D eigenvalue weighted by atomic mass is 19.1. The normalized spacial score (nSPS) is 10.4. The second kappa shape index (κ2) is 10.3. The molecule has 1 amide bonds. The monoisotopic (exact) mass is 358 g/mol. The molecule has 0 aliphatic heterocycles. The van der Waals surface area contributed by atoms with Crippen LogP contribution in [-0.4, -0.2) is 31.6 Å². The third-order valence-electron chi connectivity index (χ3n) is 3.75. The Morgan fingerprint density at radius 2 is 1.77 bits per heavy atom. The van der Waals surface area contributed by atoms with Crippen molar-refractivity contribution in [1.29, 1.82) is 0 Å². The minimum Gasteiger partial charge on any atom is -0.462 e. The van der Waals surface area contributed by atoms with Crippen molar-refractivity contribution in [1.82, 2.24) is 5.32 Å². The fourth-order valence-corrected chi connectivity index (χ4v) is 2.44. The smallest absolute Gasteiger partial charge is 0.340 e. The number of carbonyl (C=O) groups excluding carboxylic acids is 2. The standard InChI is InChI=1S/C20H23FN2O3/c1-2-26-20(25)16-8-4-6-10-18(16)23-19(24)12-14-22-13-11-15-7-3-5-9-17(15)21/h3-10,22H,2,11-14H2,1H3,(H,23,24). The van der Waals surface area contributed by atoms with Gasteiger partial charge in [-0.05, 0) is 43.7 Å². The van der Waals surface area contributed by atoms with E-state index in [2.05, 4.69) is 10.6 Å². The highest BCUT2D eigenvalue weighted by Crippen LogP contribution is 2.16. The van der Waals surface area contributed by atoms with Crippen LogP contribution < -0.4 is 10.6 Å². The van der Waals surface area contributed by atoms with Gasteiger partial charge in [-0.15, -0.1) is 0 Å². The van der Waals surface area contributed by atoms with Crippen LogP contribution in [0.4, 0.5) is 10.1 Å². The summed E-state index contributed by atoms with van der Waals surface area (Å²) in [6, 6.07) is 13.4. The molecule has 2 aromatic rings. The summed E-state index contributed by atoms with van der Waals surface area (Å²) in [5.41, 5.74) is 1.41. The lowest BCUT2D eigenvalue weighted by Crippen LogP contribution is -2.24. The number of hydrogen-bond donors (Lipinski definition) is 2. The molecule has 0 atom stereocenters. The molecule has 0 heterocycles. The first-order valence-corrected chi connectivity index (χ1v) is 8.62. The summed E-state index contributed by atoms with van der Waals surface area (Å²) in [6.07, 6.45) is 0.800. The highest BCUT2D eigenvalue weighted by Gasteiger charge is 2.13. The Hall–Kier alpha value is -2.73. The molecule has 0 saturated carbocycles. The van der Waals surface area contributed by atoms with Gasteiger partial charge in [0.25, 0.3) is 0 Å². The van der Waals surface area contributed by atoms with Gasteiger partial charge >= 0.3 is 5.97 Å². The molecule has 0 bridgehead atoms. The summed E-state index contributed by atoms with van der Waals surface area (Å²) in [4.78, 5) is 24.0. The highest BCUT2D eigenvalue weighted by molar-refractivity contribution is 6.01. The van der Waals surface area contributed by atoms with E-state index in [4.69, 9.17) is 4.74 Å². The van der Waals surface area contributed by atoms with Gasteiger partial charge < -0.3 is 15.4 Å². The minimum absolute atomic E-state index is 0.208. The third-order valence-corrected chi connectivity index (χ3v) is 3.75. The van der Waals surface area contributed by atoms with Crippen LogP contribution in [0.5, 0.6) is 0 Å². The van der Waals surface area contributed by atoms with E-state index in [1.807, 2.05) is 0 Å². The van der Waals surface area contributed by atoms with Gasteiger partial charge in [0, 0.05) is 13.0 Å². The third kappa shape index (κ3) is 5.97. The van der Waals surface area contributed by atoms with Crippen LogP contribution in [0.15, 0.2) is 48.5 Å². The maximum Gasteiger partial charge on any atom is 0.340 e. The lowest BCUT2D eigenvalue weighted by atomic mass is 10.1. The summed E-state index contributed by atoms with van der Waals surface area (Å²) in [5, 5.41) is 5.84. The van der Waals surface area contributed by atoms with Crippen LogP contribution in [0.2, 0.25) is 0 Å². The van der Waals surface area contributed by atoms with E-state index in [-0.39, 0.29) is 24.8 Å². The van der Waals surface area contributed by atoms with Crippen LogP contribution in [0.3, 0.4) is 0 Å². The van der Waals surface area contributed by atoms with Crippen molar-refractivity contribution in [2.24, 2.45) is 0 Å². The van der Waals surface area contributed by atoms with Gasteiger partial charge in [0.2, 0.25) is 5.91 Å². The Balaban J connectivity index is 1.76. The molecule has 0 aliphatic rings. The SMILES string of the molecule is CCOC(=O)c1ccccc1NC(=O)CCNCCc1ccccc1F. The Morgan fingerprint density at radius 3 is 2.54 bits per heavy atom. The van der Waals surface area contributed by atoms with Crippen LogP contribution in [0, 0.1) is 5.82 Å². The van der Waals surface area contributed by atoms with E-state index < -0.39 is 5.97 Å². The molecule has 0 aromatic heterocycles. The van der Waals surface area contributed by atoms with E-state index in [0.717, 1.165) is 0 Å². The number of carbonyl (C=O) groups is 2. The first-order valence-electron chi connectivity index (χ1n) is 8.62. The van der Waals surface area contributed by atoms with Crippen molar-refractivity contribution < 1.29 is 18.7 Å². The molecule has 0 aliphatic carbocycles. The molecule has 0 fully saturated rings. The molecule has 0 unspecified atom stereocenters. The minimum atomic E-state index is -0.466. The number of hydrogen-bond acceptors (Lipinski definition) is 4. The average Bonchev–Trinajstić information content (AvgIpc) is 2.63. The van der Waals surface area contributed by atoms with Crippen molar-refractivity contribution in [3.63, 3.8) is 0 Å². The van der Waals surface area contributed by atoms with E-state index >= 15 is 0 Å². The lowest BCUT2D eigenvalue weighted by Gasteiger charge is -2.10. The van der Waals surface area contributed by atoms with Crippen molar-refractivity contribution in [3.8, 4) is 0 Å². The van der Waals surface area contributed by atoms with Crippen LogP contribution in [0.1, 0.15) is 29.3 Å². The van der Waals surface area contributed by atoms with Gasteiger partial charge in [-0.25, -0.2) is 9.18 Å². The van der Waals surface area contributed by atoms with E-state index in [9.17, 15) is 14.0 Å². The van der Waals surface area contributed by atoms with E-state index in [1.54, 1.807) is 49.4 Å². The first kappa shape index (κ1) is 19.6. The van der Waals surface area contributed by atoms with Gasteiger partial charge in [0.15, 0.2) is 0 Å². The molecule has 6 heteroatoms. The Morgan fingerprint density at radius 1 is 1.04 bits per heavy atom. The van der Waals surface area contributed by atoms with Gasteiger partial charge in [-0.1, -0.05) is 30.3 Å². The van der Waals surface area contributed by atoms with Crippen LogP contribution >= 0.6 is 0 Å². The van der Waals surface area contributed by atoms with Crippen molar-refractivity contribution >= 4 is 17.6 Å². The molecule has 0 spiro atoms. The predicted octanol–water partition coefficient (Wildman–Crippen LogP) is 3.16. The number of nitrogens with one attached hydrogen (secondary N) is 2. The molecule has 26 heavy (non-hydrogen) atoms. The maximum absolute atomic E-state index is 13.5. The van der Waals surface area contributed by atoms with Crippen LogP contribution in [-0.2, 0) is 16.0 Å². The zero-order valence-corrected chi connectivity index (χ0v) is 14.8. The largest absolute Gasteiger partial charge is 0.462 e. The molecule has 2 rings (SSSR count). The molecular weight excluding hydrogens is 335 g/mol. The fourth-order valence-electron chi connectivity index (χ4n) is 2.44. The Kier molecular flexibility index (Phi) is 7.76. The molecule has 0 radical (unpaired) electrons. The summed E-state index contributed by atoms with van der Waals surface area (Å²) in [5.74, 6) is -0.894. The molecule has 138 valence electrons. The van der Waals surface area contributed by atoms with E-state index in [1.165, 1.54) is 6.07 Å². The van der Waals surface area contributed by atoms with Gasteiger partial charge in [0.1, 0.15) is 5.82 Å². The van der Waals surface area contributed by atoms with Crippen molar-refractivity contribution in [2.45, 2.75) is 19.8 Å². The number of halogens is 1. The van der Waals surface area contributed by atoms with Gasteiger partial charge in [-0.2, -0.15) is 0 Å². The number of esters is 1. The second-order valence-electron chi connectivity index (χ2n) is 5.66. The quantitative estimate of drug-likeness (QED) is 0.534. The summed E-state index contributed by atoms with van der Waals surface area (Å²) in [6.45, 7) is 3.04. The predicted molar refractivity (Wildman–Crippen MR) is 98.6 cm³/mol. The van der Waals surface area contributed by atoms with Gasteiger partial charge in [-0.3, -0.25) is 4.79 Å². The average molecular weight is 358 g/mol. The molecule has 5 nitrogen and oxygen atoms in total. The molecule has 0 saturated heterocycles. The number of amides is 1. The number of para-hydroxylation sites is 1. The summed E-state index contributed by atoms with van der Waals surface area (Å²) < 4.78 is 18.5. The maximum atomic E-state index is 13.5. The zero-order chi connectivity index (χ0) is 18.8. The Labute approximate surface area is 152 Å². The first-order chi connectivity index (χ1) is 12.6. The fraction of sp³-hybridized carbons (Fsp3) is 0.300. The number of benzene rings is 2. The number of anilines is 1. The van der Waals surface area contributed by atoms with Crippen molar-refractivity contribution in [2.75, 3.05) is 25.0 Å². The van der Waals surface area contributed by atoms with Gasteiger partial charge in [0.05, 0.1) is 17.9 Å². The van der Waals surface area contributed by atoms with Crippen molar-refractivity contribution in [3.05, 3.63) is 65.5 Å². The number of rotatable bonds is 9. The molecular formula is C20H23FN2O3. The van der Waals surface area contributed by atoms with E-state index in [0.29, 0.717) is 36.3 Å². The lowest BCUT2D eigenvalue weighted by molar-refractivity contribution is -0.116. The zero-order valence-electron chi connectivity index (χ0n) is 14.8. The Bertz CT molecular complexity index is 749.